The quantitative estimate of drug-likeness (QED) is 0.310. The van der Waals surface area contributed by atoms with Crippen molar-refractivity contribution in [3.63, 3.8) is 0 Å². The maximum atomic E-state index is 12.6. The van der Waals surface area contributed by atoms with Gasteiger partial charge < -0.3 is 4.74 Å². The summed E-state index contributed by atoms with van der Waals surface area (Å²) in [5.74, 6) is 1.08. The SMILES string of the molecule is C=C/C=C\C(=C/C)COC=O.CC.CC1CC=C(C2=CCC(CF)CC2)C(C)(C)C1. The van der Waals surface area contributed by atoms with Gasteiger partial charge in [0.2, 0.25) is 0 Å². The van der Waals surface area contributed by atoms with Crippen molar-refractivity contribution in [2.24, 2.45) is 17.3 Å². The van der Waals surface area contributed by atoms with Crippen LogP contribution >= 0.6 is 0 Å². The van der Waals surface area contributed by atoms with Crippen molar-refractivity contribution in [2.45, 2.75) is 73.6 Å². The Balaban J connectivity index is 0.000000565. The monoisotopic (exact) mass is 418 g/mol. The molecule has 30 heavy (non-hydrogen) atoms. The van der Waals surface area contributed by atoms with Gasteiger partial charge in [0.15, 0.2) is 0 Å². The molecule has 0 aromatic rings. The lowest BCUT2D eigenvalue weighted by molar-refractivity contribution is -0.127. The Kier molecular flexibility index (Phi) is 14.9. The van der Waals surface area contributed by atoms with Crippen molar-refractivity contribution in [2.75, 3.05) is 13.3 Å². The Hall–Kier alpha value is -1.90. The van der Waals surface area contributed by atoms with Crippen LogP contribution in [0.4, 0.5) is 4.39 Å². The van der Waals surface area contributed by atoms with Gasteiger partial charge in [0.05, 0.1) is 6.67 Å². The summed E-state index contributed by atoms with van der Waals surface area (Å²) in [4.78, 5) is 9.81. The molecule has 0 N–H and O–H groups in total. The van der Waals surface area contributed by atoms with Crippen LogP contribution in [-0.2, 0) is 9.53 Å². The number of allylic oxidation sites excluding steroid dienone is 7. The third kappa shape index (κ3) is 10.2. The predicted octanol–water partition coefficient (Wildman–Crippen LogP) is 7.94. The molecule has 0 fully saturated rings. The van der Waals surface area contributed by atoms with Crippen LogP contribution in [0.5, 0.6) is 0 Å². The third-order valence-electron chi connectivity index (χ3n) is 5.53. The molecule has 0 heterocycles. The highest BCUT2D eigenvalue weighted by Crippen LogP contribution is 2.45. The maximum absolute atomic E-state index is 12.6. The summed E-state index contributed by atoms with van der Waals surface area (Å²) >= 11 is 0. The van der Waals surface area contributed by atoms with E-state index in [1.165, 1.54) is 18.4 Å². The lowest BCUT2D eigenvalue weighted by atomic mass is 9.67. The van der Waals surface area contributed by atoms with E-state index in [4.69, 9.17) is 0 Å². The fourth-order valence-corrected chi connectivity index (χ4v) is 4.05. The Morgan fingerprint density at radius 2 is 2.00 bits per heavy atom. The molecular weight excluding hydrogens is 375 g/mol. The lowest BCUT2D eigenvalue weighted by Crippen LogP contribution is -2.25. The molecular formula is C27H43FO2. The summed E-state index contributed by atoms with van der Waals surface area (Å²) in [5, 5.41) is 0. The van der Waals surface area contributed by atoms with E-state index >= 15 is 0 Å². The largest absolute Gasteiger partial charge is 0.463 e. The molecule has 2 aliphatic carbocycles. The highest BCUT2D eigenvalue weighted by molar-refractivity contribution is 5.39. The van der Waals surface area contributed by atoms with Gasteiger partial charge >= 0.3 is 0 Å². The first-order valence-electron chi connectivity index (χ1n) is 11.3. The van der Waals surface area contributed by atoms with E-state index in [1.807, 2.05) is 32.9 Å². The standard InChI is InChI=1S/C16H25F.C9H12O2.C2H6/c1-12-4-9-15(16(2,3)10-12)14-7-5-13(11-17)6-8-14;1-3-5-6-9(4-2)7-11-8-10;1-2/h7,9,12-13H,4-6,8,10-11H2,1-3H3;3-6,8H,1,7H2,2H3;1-2H3/b;6-5-,9-4+;. The second-order valence-corrected chi connectivity index (χ2v) is 8.44. The van der Waals surface area contributed by atoms with Crippen LogP contribution in [0, 0.1) is 17.3 Å². The van der Waals surface area contributed by atoms with Gasteiger partial charge in [-0.2, -0.15) is 0 Å². The molecule has 2 aliphatic rings. The predicted molar refractivity (Wildman–Crippen MR) is 128 cm³/mol. The first-order chi connectivity index (χ1) is 14.4. The van der Waals surface area contributed by atoms with Crippen molar-refractivity contribution in [1.29, 1.82) is 0 Å². The van der Waals surface area contributed by atoms with Crippen LogP contribution in [0.25, 0.3) is 0 Å². The molecule has 0 aliphatic heterocycles. The number of hydrogen-bond donors (Lipinski definition) is 0. The summed E-state index contributed by atoms with van der Waals surface area (Å²) in [6.45, 7) is 17.1. The van der Waals surface area contributed by atoms with E-state index in [1.54, 1.807) is 17.7 Å². The molecule has 170 valence electrons. The highest BCUT2D eigenvalue weighted by atomic mass is 19.1. The van der Waals surface area contributed by atoms with E-state index < -0.39 is 0 Å². The minimum absolute atomic E-state index is 0.150. The molecule has 2 unspecified atom stereocenters. The minimum Gasteiger partial charge on any atom is -0.463 e. The maximum Gasteiger partial charge on any atom is 0.293 e. The van der Waals surface area contributed by atoms with E-state index in [9.17, 15) is 9.18 Å². The average molecular weight is 419 g/mol. The summed E-state index contributed by atoms with van der Waals surface area (Å²) in [7, 11) is 0. The highest BCUT2D eigenvalue weighted by Gasteiger charge is 2.31. The Bertz CT molecular complexity index is 623. The molecule has 0 aromatic carbocycles. The summed E-state index contributed by atoms with van der Waals surface area (Å²) in [6, 6.07) is 0. The van der Waals surface area contributed by atoms with Crippen molar-refractivity contribution in [1.82, 2.24) is 0 Å². The number of ether oxygens (including phenoxy) is 1. The van der Waals surface area contributed by atoms with Gasteiger partial charge in [-0.25, -0.2) is 0 Å². The van der Waals surface area contributed by atoms with Gasteiger partial charge in [-0.3, -0.25) is 9.18 Å². The smallest absolute Gasteiger partial charge is 0.293 e. The fraction of sp³-hybridized carbons (Fsp3) is 0.593. The molecule has 2 nitrogen and oxygen atoms in total. The molecule has 0 spiro atoms. The van der Waals surface area contributed by atoms with Crippen LogP contribution in [0.15, 0.2) is 59.8 Å². The van der Waals surface area contributed by atoms with E-state index in [2.05, 4.69) is 44.2 Å². The fourth-order valence-electron chi connectivity index (χ4n) is 4.05. The zero-order valence-electron chi connectivity index (χ0n) is 20.0. The van der Waals surface area contributed by atoms with Gasteiger partial charge in [0.25, 0.3) is 6.47 Å². The molecule has 0 saturated carbocycles. The van der Waals surface area contributed by atoms with Crippen LogP contribution in [-0.4, -0.2) is 19.8 Å². The number of halogens is 1. The average Bonchev–Trinajstić information content (AvgIpc) is 2.75. The summed E-state index contributed by atoms with van der Waals surface area (Å²) in [6.07, 6.45) is 17.5. The van der Waals surface area contributed by atoms with E-state index in [-0.39, 0.29) is 12.6 Å². The number of carbonyl (C=O) groups excluding carboxylic acids is 1. The van der Waals surface area contributed by atoms with Crippen molar-refractivity contribution in [3.05, 3.63) is 59.8 Å². The van der Waals surface area contributed by atoms with Gasteiger partial charge in [0.1, 0.15) is 6.61 Å². The zero-order chi connectivity index (χ0) is 23.0. The van der Waals surface area contributed by atoms with Crippen molar-refractivity contribution in [3.8, 4) is 0 Å². The number of hydrogen-bond acceptors (Lipinski definition) is 2. The first kappa shape index (κ1) is 28.1. The Morgan fingerprint density at radius 3 is 2.47 bits per heavy atom. The van der Waals surface area contributed by atoms with Crippen LogP contribution in [0.1, 0.15) is 73.6 Å². The number of carbonyl (C=O) groups is 1. The number of rotatable bonds is 7. The molecule has 0 radical (unpaired) electrons. The van der Waals surface area contributed by atoms with Crippen LogP contribution in [0.2, 0.25) is 0 Å². The second kappa shape index (κ2) is 15.9. The summed E-state index contributed by atoms with van der Waals surface area (Å²) < 4.78 is 17.2. The lowest BCUT2D eigenvalue weighted by Gasteiger charge is -2.37. The third-order valence-corrected chi connectivity index (χ3v) is 5.53. The van der Waals surface area contributed by atoms with Crippen molar-refractivity contribution < 1.29 is 13.9 Å². The molecule has 3 heteroatoms. The summed E-state index contributed by atoms with van der Waals surface area (Å²) in [5.41, 5.74) is 4.32. The Morgan fingerprint density at radius 1 is 1.30 bits per heavy atom. The van der Waals surface area contributed by atoms with Gasteiger partial charge in [-0.05, 0) is 73.0 Å². The Labute approximate surface area is 184 Å². The second-order valence-electron chi connectivity index (χ2n) is 8.44. The van der Waals surface area contributed by atoms with E-state index in [0.717, 1.165) is 30.8 Å². The molecule has 2 rings (SSSR count). The zero-order valence-corrected chi connectivity index (χ0v) is 20.0. The molecule has 0 amide bonds. The molecule has 0 bridgehead atoms. The van der Waals surface area contributed by atoms with Gasteiger partial charge in [-0.1, -0.05) is 77.7 Å². The first-order valence-corrected chi connectivity index (χ1v) is 11.3. The van der Waals surface area contributed by atoms with Crippen molar-refractivity contribution >= 4 is 6.47 Å². The van der Waals surface area contributed by atoms with Crippen LogP contribution < -0.4 is 0 Å². The molecule has 0 aromatic heterocycles. The minimum atomic E-state index is -0.150. The molecule has 2 atom stereocenters. The number of alkyl halides is 1. The normalized spacial score (nSPS) is 23.1. The molecule has 0 saturated heterocycles. The van der Waals surface area contributed by atoms with Gasteiger partial charge in [0, 0.05) is 0 Å². The van der Waals surface area contributed by atoms with Crippen LogP contribution in [0.3, 0.4) is 0 Å². The topological polar surface area (TPSA) is 26.3 Å². The van der Waals surface area contributed by atoms with E-state index in [0.29, 0.717) is 18.5 Å². The van der Waals surface area contributed by atoms with Gasteiger partial charge in [-0.15, -0.1) is 0 Å².